The summed E-state index contributed by atoms with van der Waals surface area (Å²) in [7, 11) is 0. The van der Waals surface area contributed by atoms with E-state index >= 15 is 0 Å². The predicted molar refractivity (Wildman–Crippen MR) is 106 cm³/mol. The molecule has 0 heterocycles. The van der Waals surface area contributed by atoms with Crippen molar-refractivity contribution in [2.45, 2.75) is 130 Å². The topological polar surface area (TPSA) is 36.9 Å². The minimum atomic E-state index is -0.819. The quantitative estimate of drug-likeness (QED) is 0.210. The van der Waals surface area contributed by atoms with Crippen LogP contribution in [0, 0.1) is 11.8 Å². The third-order valence-corrected chi connectivity index (χ3v) is 6.31. The van der Waals surface area contributed by atoms with E-state index in [4.69, 9.17) is 19.6 Å². The zero-order chi connectivity index (χ0) is 19.8. The first-order valence-electron chi connectivity index (χ1n) is 10.9. The maximum Gasteiger partial charge on any atom is 0.236 e. The Morgan fingerprint density at radius 2 is 1.31 bits per heavy atom. The molecule has 1 rings (SSSR count). The maximum absolute atomic E-state index is 6.11. The first-order chi connectivity index (χ1) is 12.2. The lowest BCUT2D eigenvalue weighted by Gasteiger charge is -2.44. The molecule has 0 N–H and O–H groups in total. The van der Waals surface area contributed by atoms with Crippen LogP contribution >= 0.6 is 0 Å². The van der Waals surface area contributed by atoms with E-state index in [0.29, 0.717) is 5.92 Å². The fourth-order valence-electron chi connectivity index (χ4n) is 3.81. The van der Waals surface area contributed by atoms with Gasteiger partial charge in [0.05, 0.1) is 0 Å². The van der Waals surface area contributed by atoms with Crippen LogP contribution in [0.25, 0.3) is 0 Å². The van der Waals surface area contributed by atoms with Gasteiger partial charge in [-0.15, -0.1) is 0 Å². The van der Waals surface area contributed by atoms with Crippen molar-refractivity contribution >= 4 is 0 Å². The molecule has 0 amide bonds. The van der Waals surface area contributed by atoms with Crippen LogP contribution in [-0.2, 0) is 19.6 Å². The minimum absolute atomic E-state index is 0.219. The zero-order valence-corrected chi connectivity index (χ0v) is 18.7. The monoisotopic (exact) mass is 372 g/mol. The highest BCUT2D eigenvalue weighted by Crippen LogP contribution is 2.43. The molecule has 4 heteroatoms. The van der Waals surface area contributed by atoms with Gasteiger partial charge >= 0.3 is 0 Å². The fourth-order valence-corrected chi connectivity index (χ4v) is 3.81. The van der Waals surface area contributed by atoms with Crippen molar-refractivity contribution in [3.63, 3.8) is 0 Å². The van der Waals surface area contributed by atoms with Crippen molar-refractivity contribution in [1.29, 1.82) is 0 Å². The minimum Gasteiger partial charge on any atom is -0.227 e. The average molecular weight is 373 g/mol. The summed E-state index contributed by atoms with van der Waals surface area (Å²) in [5.74, 6) is 0.0735. The summed E-state index contributed by atoms with van der Waals surface area (Å²) in [5.41, 5.74) is -0.573. The second-order valence-electron chi connectivity index (χ2n) is 9.03. The SMILES string of the molecule is CCCC(C)(CC)OOC1(OOC(C)(CC)CCC)CCC(C)CC1C. The Bertz CT molecular complexity index is 376. The Morgan fingerprint density at radius 1 is 0.846 bits per heavy atom. The van der Waals surface area contributed by atoms with Crippen LogP contribution in [0.5, 0.6) is 0 Å². The molecule has 0 aromatic heterocycles. The van der Waals surface area contributed by atoms with Crippen molar-refractivity contribution in [2.75, 3.05) is 0 Å². The summed E-state index contributed by atoms with van der Waals surface area (Å²) in [6, 6.07) is 0. The van der Waals surface area contributed by atoms with E-state index in [1.807, 2.05) is 0 Å². The average Bonchev–Trinajstić information content (AvgIpc) is 2.61. The summed E-state index contributed by atoms with van der Waals surface area (Å²) < 4.78 is 0. The van der Waals surface area contributed by atoms with Crippen molar-refractivity contribution in [3.05, 3.63) is 0 Å². The summed E-state index contributed by atoms with van der Waals surface area (Å²) >= 11 is 0. The van der Waals surface area contributed by atoms with Gasteiger partial charge in [-0.1, -0.05) is 54.4 Å². The molecular weight excluding hydrogens is 328 g/mol. The normalized spacial score (nSPS) is 31.4. The Morgan fingerprint density at radius 3 is 1.65 bits per heavy atom. The first kappa shape index (κ1) is 23.9. The van der Waals surface area contributed by atoms with E-state index in [1.165, 1.54) is 0 Å². The molecule has 1 aliphatic rings. The molecule has 26 heavy (non-hydrogen) atoms. The van der Waals surface area contributed by atoms with Crippen LogP contribution in [0.2, 0.25) is 0 Å². The molecule has 156 valence electrons. The fraction of sp³-hybridized carbons (Fsp3) is 1.00. The molecule has 0 aromatic rings. The lowest BCUT2D eigenvalue weighted by molar-refractivity contribution is -0.560. The van der Waals surface area contributed by atoms with E-state index in [1.54, 1.807) is 0 Å². The van der Waals surface area contributed by atoms with Gasteiger partial charge in [0.1, 0.15) is 11.2 Å². The van der Waals surface area contributed by atoms with Crippen LogP contribution in [0.3, 0.4) is 0 Å². The number of rotatable bonds is 12. The van der Waals surface area contributed by atoms with Gasteiger partial charge in [-0.25, -0.2) is 9.78 Å². The molecule has 0 bridgehead atoms. The van der Waals surface area contributed by atoms with Gasteiger partial charge in [-0.3, -0.25) is 0 Å². The van der Waals surface area contributed by atoms with Crippen molar-refractivity contribution in [2.24, 2.45) is 11.8 Å². The number of hydrogen-bond donors (Lipinski definition) is 0. The van der Waals surface area contributed by atoms with Crippen molar-refractivity contribution in [1.82, 2.24) is 0 Å². The highest BCUT2D eigenvalue weighted by atomic mass is 17.3. The molecule has 0 saturated heterocycles. The molecule has 1 fully saturated rings. The highest BCUT2D eigenvalue weighted by molar-refractivity contribution is 4.84. The Hall–Kier alpha value is -0.160. The maximum atomic E-state index is 6.11. The van der Waals surface area contributed by atoms with Crippen molar-refractivity contribution in [3.8, 4) is 0 Å². The van der Waals surface area contributed by atoms with E-state index in [0.717, 1.165) is 57.8 Å². The Balaban J connectivity index is 2.90. The zero-order valence-electron chi connectivity index (χ0n) is 18.7. The second kappa shape index (κ2) is 10.4. The van der Waals surface area contributed by atoms with E-state index in [-0.39, 0.29) is 17.1 Å². The molecular formula is C22H44O4. The number of hydrogen-bond acceptors (Lipinski definition) is 4. The highest BCUT2D eigenvalue weighted by Gasteiger charge is 2.48. The van der Waals surface area contributed by atoms with Gasteiger partial charge in [-0.2, -0.15) is 9.78 Å². The third kappa shape index (κ3) is 6.47. The molecule has 4 nitrogen and oxygen atoms in total. The van der Waals surface area contributed by atoms with E-state index < -0.39 is 5.79 Å². The van der Waals surface area contributed by atoms with Crippen LogP contribution in [0.15, 0.2) is 0 Å². The summed E-state index contributed by atoms with van der Waals surface area (Å²) in [4.78, 5) is 24.3. The molecule has 4 unspecified atom stereocenters. The molecule has 0 aliphatic heterocycles. The summed E-state index contributed by atoms with van der Waals surface area (Å²) in [5, 5.41) is 0. The smallest absolute Gasteiger partial charge is 0.227 e. The first-order valence-corrected chi connectivity index (χ1v) is 10.9. The van der Waals surface area contributed by atoms with Gasteiger partial charge < -0.3 is 0 Å². The van der Waals surface area contributed by atoms with E-state index in [9.17, 15) is 0 Å². The van der Waals surface area contributed by atoms with E-state index in [2.05, 4.69) is 55.4 Å². The van der Waals surface area contributed by atoms with Gasteiger partial charge in [0.25, 0.3) is 0 Å². The van der Waals surface area contributed by atoms with Gasteiger partial charge in [0.15, 0.2) is 0 Å². The standard InChI is InChI=1S/C22H44O4/c1-9-14-20(7,11-3)23-25-22(16-13-18(5)17-19(22)6)26-24-21(8,12-4)15-10-2/h18-19H,9-17H2,1-8H3. The Labute approximate surface area is 162 Å². The third-order valence-electron chi connectivity index (χ3n) is 6.31. The molecule has 0 radical (unpaired) electrons. The predicted octanol–water partition coefficient (Wildman–Crippen LogP) is 6.97. The van der Waals surface area contributed by atoms with Gasteiger partial charge in [0, 0.05) is 12.3 Å². The lowest BCUT2D eigenvalue weighted by Crippen LogP contribution is -2.50. The lowest BCUT2D eigenvalue weighted by atomic mass is 9.79. The summed E-state index contributed by atoms with van der Waals surface area (Å²) in [6.07, 6.45) is 8.79. The summed E-state index contributed by atoms with van der Waals surface area (Å²) in [6.45, 7) is 17.4. The van der Waals surface area contributed by atoms with Crippen LogP contribution in [0.4, 0.5) is 0 Å². The molecule has 0 aromatic carbocycles. The molecule has 0 spiro atoms. The van der Waals surface area contributed by atoms with Crippen LogP contribution in [0.1, 0.15) is 113 Å². The van der Waals surface area contributed by atoms with Gasteiger partial charge in [-0.05, 0) is 58.3 Å². The second-order valence-corrected chi connectivity index (χ2v) is 9.03. The molecule has 4 atom stereocenters. The largest absolute Gasteiger partial charge is 0.236 e. The van der Waals surface area contributed by atoms with Crippen LogP contribution in [-0.4, -0.2) is 17.0 Å². The van der Waals surface area contributed by atoms with Crippen LogP contribution < -0.4 is 0 Å². The molecule has 1 saturated carbocycles. The van der Waals surface area contributed by atoms with Gasteiger partial charge in [0.2, 0.25) is 5.79 Å². The Kier molecular flexibility index (Phi) is 9.55. The molecule has 1 aliphatic carbocycles. The van der Waals surface area contributed by atoms with Crippen molar-refractivity contribution < 1.29 is 19.6 Å².